The zero-order valence-corrected chi connectivity index (χ0v) is 15.4. The van der Waals surface area contributed by atoms with E-state index < -0.39 is 5.91 Å². The second-order valence-corrected chi connectivity index (χ2v) is 6.25. The summed E-state index contributed by atoms with van der Waals surface area (Å²) < 4.78 is 0. The van der Waals surface area contributed by atoms with Crippen molar-refractivity contribution in [1.29, 1.82) is 5.26 Å². The Morgan fingerprint density at radius 3 is 2.50 bits per heavy atom. The number of carbonyl (C=O) groups is 2. The van der Waals surface area contributed by atoms with Crippen LogP contribution in [0.1, 0.15) is 32.0 Å². The van der Waals surface area contributed by atoms with Gasteiger partial charge in [-0.1, -0.05) is 29.8 Å². The normalized spacial score (nSPS) is 10.0. The Kier molecular flexibility index (Phi) is 6.00. The lowest BCUT2D eigenvalue weighted by Crippen LogP contribution is -2.24. The molecule has 1 aromatic heterocycles. The lowest BCUT2D eigenvalue weighted by Gasteiger charge is -2.08. The number of nitriles is 1. The first-order chi connectivity index (χ1) is 13.6. The van der Waals surface area contributed by atoms with E-state index in [0.29, 0.717) is 21.8 Å². The fourth-order valence-corrected chi connectivity index (χ4v) is 2.64. The molecule has 3 aromatic rings. The lowest BCUT2D eigenvalue weighted by atomic mass is 10.2. The van der Waals surface area contributed by atoms with Crippen LogP contribution >= 0.6 is 11.6 Å². The molecule has 0 unspecified atom stereocenters. The molecule has 0 aliphatic heterocycles. The minimum atomic E-state index is -0.409. The van der Waals surface area contributed by atoms with Gasteiger partial charge in [-0.25, -0.2) is 0 Å². The van der Waals surface area contributed by atoms with E-state index in [0.717, 1.165) is 5.56 Å². The summed E-state index contributed by atoms with van der Waals surface area (Å²) in [5.74, 6) is -0.791. The summed E-state index contributed by atoms with van der Waals surface area (Å²) in [4.78, 5) is 28.8. The molecule has 0 atom stereocenters. The van der Waals surface area contributed by atoms with Gasteiger partial charge in [-0.15, -0.1) is 0 Å². The summed E-state index contributed by atoms with van der Waals surface area (Å²) >= 11 is 6.08. The average Bonchev–Trinajstić information content (AvgIpc) is 2.73. The van der Waals surface area contributed by atoms with Crippen LogP contribution in [0.4, 0.5) is 5.69 Å². The molecule has 2 amide bonds. The van der Waals surface area contributed by atoms with Gasteiger partial charge < -0.3 is 10.6 Å². The monoisotopic (exact) mass is 390 g/mol. The third-order valence-electron chi connectivity index (χ3n) is 3.92. The summed E-state index contributed by atoms with van der Waals surface area (Å²) in [6, 6.07) is 18.6. The number of hydrogen-bond donors (Lipinski definition) is 2. The maximum absolute atomic E-state index is 12.4. The van der Waals surface area contributed by atoms with E-state index in [-0.39, 0.29) is 18.1 Å². The number of nitrogens with one attached hydrogen (secondary N) is 2. The van der Waals surface area contributed by atoms with Crippen molar-refractivity contribution < 1.29 is 9.59 Å². The highest BCUT2D eigenvalue weighted by atomic mass is 35.5. The Labute approximate surface area is 166 Å². The second-order valence-electron chi connectivity index (χ2n) is 5.85. The third-order valence-corrected chi connectivity index (χ3v) is 4.29. The van der Waals surface area contributed by atoms with Crippen LogP contribution in [-0.4, -0.2) is 16.8 Å². The van der Waals surface area contributed by atoms with Gasteiger partial charge in [-0.3, -0.25) is 14.6 Å². The largest absolute Gasteiger partial charge is 0.347 e. The first-order valence-electron chi connectivity index (χ1n) is 8.36. The van der Waals surface area contributed by atoms with Gasteiger partial charge in [-0.2, -0.15) is 5.26 Å². The van der Waals surface area contributed by atoms with Crippen LogP contribution in [0.2, 0.25) is 5.02 Å². The molecule has 0 bridgehead atoms. The summed E-state index contributed by atoms with van der Waals surface area (Å²) in [5, 5.41) is 14.8. The molecule has 0 spiro atoms. The van der Waals surface area contributed by atoms with Gasteiger partial charge >= 0.3 is 0 Å². The molecule has 1 heterocycles. The predicted molar refractivity (Wildman–Crippen MR) is 106 cm³/mol. The Bertz CT molecular complexity index is 1060. The summed E-state index contributed by atoms with van der Waals surface area (Å²) in [7, 11) is 0. The molecule has 0 aliphatic rings. The van der Waals surface area contributed by atoms with Gasteiger partial charge in [-0.05, 0) is 48.0 Å². The van der Waals surface area contributed by atoms with Crippen LogP contribution in [0.3, 0.4) is 0 Å². The molecular weight excluding hydrogens is 376 g/mol. The van der Waals surface area contributed by atoms with E-state index in [1.54, 1.807) is 30.3 Å². The molecular formula is C21H15ClN4O2. The Morgan fingerprint density at radius 2 is 1.79 bits per heavy atom. The SMILES string of the molecule is N#Cc1ccc(NC(=O)c2ccnc(C(=O)NCc3ccccc3Cl)c2)cc1. The highest BCUT2D eigenvalue weighted by Crippen LogP contribution is 2.15. The zero-order valence-electron chi connectivity index (χ0n) is 14.6. The quantitative estimate of drug-likeness (QED) is 0.692. The van der Waals surface area contributed by atoms with E-state index in [4.69, 9.17) is 16.9 Å². The van der Waals surface area contributed by atoms with E-state index >= 15 is 0 Å². The Balaban J connectivity index is 1.67. The highest BCUT2D eigenvalue weighted by molar-refractivity contribution is 6.31. The van der Waals surface area contributed by atoms with Gasteiger partial charge in [0.25, 0.3) is 11.8 Å². The molecule has 7 heteroatoms. The molecule has 28 heavy (non-hydrogen) atoms. The first-order valence-corrected chi connectivity index (χ1v) is 8.74. The molecule has 2 aromatic carbocycles. The zero-order chi connectivity index (χ0) is 19.9. The Hall–Kier alpha value is -3.69. The minimum absolute atomic E-state index is 0.125. The number of halogens is 1. The van der Waals surface area contributed by atoms with Crippen LogP contribution in [0.5, 0.6) is 0 Å². The fraction of sp³-hybridized carbons (Fsp3) is 0.0476. The summed E-state index contributed by atoms with van der Waals surface area (Å²) in [6.07, 6.45) is 1.40. The van der Waals surface area contributed by atoms with Gasteiger partial charge in [0, 0.05) is 29.0 Å². The molecule has 0 aliphatic carbocycles. The van der Waals surface area contributed by atoms with Crippen molar-refractivity contribution in [2.24, 2.45) is 0 Å². The average molecular weight is 391 g/mol. The number of nitrogens with zero attached hydrogens (tertiary/aromatic N) is 2. The molecule has 6 nitrogen and oxygen atoms in total. The second kappa shape index (κ2) is 8.80. The number of anilines is 1. The van der Waals surface area contributed by atoms with Crippen molar-refractivity contribution in [1.82, 2.24) is 10.3 Å². The van der Waals surface area contributed by atoms with Crippen LogP contribution in [0.25, 0.3) is 0 Å². The lowest BCUT2D eigenvalue weighted by molar-refractivity contribution is 0.0946. The topological polar surface area (TPSA) is 94.9 Å². The van der Waals surface area contributed by atoms with Crippen molar-refractivity contribution in [3.8, 4) is 6.07 Å². The molecule has 0 saturated heterocycles. The predicted octanol–water partition coefficient (Wildman–Crippen LogP) is 3.79. The number of aromatic nitrogens is 1. The van der Waals surface area contributed by atoms with Crippen LogP contribution in [0.15, 0.2) is 66.9 Å². The van der Waals surface area contributed by atoms with E-state index in [1.807, 2.05) is 24.3 Å². The molecule has 0 saturated carbocycles. The first kappa shape index (κ1) is 19.1. The number of pyridine rings is 1. The van der Waals surface area contributed by atoms with Crippen LogP contribution < -0.4 is 10.6 Å². The molecule has 0 radical (unpaired) electrons. The third kappa shape index (κ3) is 4.72. The number of benzene rings is 2. The number of amides is 2. The molecule has 3 rings (SSSR count). The number of rotatable bonds is 5. The van der Waals surface area contributed by atoms with Crippen LogP contribution in [0, 0.1) is 11.3 Å². The van der Waals surface area contributed by atoms with Crippen molar-refractivity contribution >= 4 is 29.1 Å². The highest BCUT2D eigenvalue weighted by Gasteiger charge is 2.12. The summed E-state index contributed by atoms with van der Waals surface area (Å²) in [5.41, 5.74) is 2.25. The molecule has 0 fully saturated rings. The molecule has 138 valence electrons. The minimum Gasteiger partial charge on any atom is -0.347 e. The maximum Gasteiger partial charge on any atom is 0.270 e. The van der Waals surface area contributed by atoms with Crippen molar-refractivity contribution in [3.05, 3.63) is 94.3 Å². The van der Waals surface area contributed by atoms with Crippen molar-refractivity contribution in [2.45, 2.75) is 6.54 Å². The molecule has 2 N–H and O–H groups in total. The van der Waals surface area contributed by atoms with Gasteiger partial charge in [0.15, 0.2) is 0 Å². The van der Waals surface area contributed by atoms with Gasteiger partial charge in [0.1, 0.15) is 5.69 Å². The van der Waals surface area contributed by atoms with Crippen LogP contribution in [-0.2, 0) is 6.54 Å². The smallest absolute Gasteiger partial charge is 0.270 e. The van der Waals surface area contributed by atoms with Gasteiger partial charge in [0.2, 0.25) is 0 Å². The van der Waals surface area contributed by atoms with Crippen molar-refractivity contribution in [2.75, 3.05) is 5.32 Å². The number of hydrogen-bond acceptors (Lipinski definition) is 4. The van der Waals surface area contributed by atoms with E-state index in [2.05, 4.69) is 15.6 Å². The maximum atomic E-state index is 12.4. The Morgan fingerprint density at radius 1 is 1.04 bits per heavy atom. The van der Waals surface area contributed by atoms with E-state index in [1.165, 1.54) is 18.3 Å². The van der Waals surface area contributed by atoms with Crippen molar-refractivity contribution in [3.63, 3.8) is 0 Å². The standard InChI is InChI=1S/C21H15ClN4O2/c22-18-4-2-1-3-16(18)13-25-21(28)19-11-15(9-10-24-19)20(27)26-17-7-5-14(12-23)6-8-17/h1-11H,13H2,(H,25,28)(H,26,27). The fourth-order valence-electron chi connectivity index (χ4n) is 2.44. The number of carbonyl (C=O) groups excluding carboxylic acids is 2. The summed E-state index contributed by atoms with van der Waals surface area (Å²) in [6.45, 7) is 0.252. The van der Waals surface area contributed by atoms with Gasteiger partial charge in [0.05, 0.1) is 11.6 Å². The van der Waals surface area contributed by atoms with E-state index in [9.17, 15) is 9.59 Å².